The van der Waals surface area contributed by atoms with E-state index in [0.717, 1.165) is 40.9 Å². The number of aromatic amines is 1. The van der Waals surface area contributed by atoms with Crippen LogP contribution < -0.4 is 5.32 Å². The van der Waals surface area contributed by atoms with E-state index < -0.39 is 6.23 Å². The number of rotatable bonds is 6. The molecule has 0 amide bonds. The highest BCUT2D eigenvalue weighted by atomic mass is 16.5. The van der Waals surface area contributed by atoms with Crippen LogP contribution in [0.2, 0.25) is 0 Å². The van der Waals surface area contributed by atoms with Crippen molar-refractivity contribution in [1.29, 1.82) is 0 Å². The Morgan fingerprint density at radius 3 is 2.81 bits per heavy atom. The van der Waals surface area contributed by atoms with E-state index >= 15 is 0 Å². The molecule has 0 saturated carbocycles. The van der Waals surface area contributed by atoms with E-state index in [9.17, 15) is 5.11 Å². The molecule has 1 aliphatic heterocycles. The summed E-state index contributed by atoms with van der Waals surface area (Å²) < 4.78 is 5.87. The van der Waals surface area contributed by atoms with Crippen LogP contribution in [0.15, 0.2) is 73.1 Å². The van der Waals surface area contributed by atoms with E-state index in [0.29, 0.717) is 13.2 Å². The standard InChI is InChI=1S/C24H25N5O2/c30-24(22-16-29(12-13-31-22)15-17-4-2-1-3-5-17)26-19-6-7-21-20(14-19)23(28-27-21)18-8-10-25-11-9-18/h1-11,14,22,24,26,30H,12-13,15-16H2,(H,27,28). The van der Waals surface area contributed by atoms with Crippen LogP contribution in [0.5, 0.6) is 0 Å². The van der Waals surface area contributed by atoms with Gasteiger partial charge in [-0.3, -0.25) is 15.0 Å². The zero-order chi connectivity index (χ0) is 21.0. The summed E-state index contributed by atoms with van der Waals surface area (Å²) in [6.07, 6.45) is 2.39. The zero-order valence-electron chi connectivity index (χ0n) is 17.1. The molecular weight excluding hydrogens is 390 g/mol. The van der Waals surface area contributed by atoms with Gasteiger partial charge in [-0.25, -0.2) is 0 Å². The largest absolute Gasteiger partial charge is 0.371 e. The first kappa shape index (κ1) is 19.7. The van der Waals surface area contributed by atoms with Crippen LogP contribution in [-0.4, -0.2) is 57.2 Å². The fourth-order valence-electron chi connectivity index (χ4n) is 4.01. The molecule has 0 spiro atoms. The molecule has 2 aromatic carbocycles. The van der Waals surface area contributed by atoms with Crippen LogP contribution in [-0.2, 0) is 11.3 Å². The minimum atomic E-state index is -0.813. The van der Waals surface area contributed by atoms with E-state index in [1.54, 1.807) is 12.4 Å². The Morgan fingerprint density at radius 1 is 1.13 bits per heavy atom. The van der Waals surface area contributed by atoms with E-state index in [1.165, 1.54) is 5.56 Å². The summed E-state index contributed by atoms with van der Waals surface area (Å²) in [5, 5.41) is 22.5. The molecule has 2 unspecified atom stereocenters. The molecule has 4 aromatic rings. The number of aliphatic hydroxyl groups is 1. The summed E-state index contributed by atoms with van der Waals surface area (Å²) in [5.41, 5.74) is 4.87. The van der Waals surface area contributed by atoms with Gasteiger partial charge in [0.25, 0.3) is 0 Å². The van der Waals surface area contributed by atoms with Gasteiger partial charge in [0.2, 0.25) is 0 Å². The van der Waals surface area contributed by atoms with Crippen LogP contribution in [0.1, 0.15) is 5.56 Å². The van der Waals surface area contributed by atoms with Crippen molar-refractivity contribution < 1.29 is 9.84 Å². The maximum Gasteiger partial charge on any atom is 0.152 e. The van der Waals surface area contributed by atoms with Crippen molar-refractivity contribution in [3.05, 3.63) is 78.6 Å². The highest BCUT2D eigenvalue weighted by molar-refractivity contribution is 5.94. The highest BCUT2D eigenvalue weighted by Gasteiger charge is 2.27. The lowest BCUT2D eigenvalue weighted by molar-refractivity contribution is -0.0817. The second kappa shape index (κ2) is 8.85. The van der Waals surface area contributed by atoms with Crippen molar-refractivity contribution in [1.82, 2.24) is 20.1 Å². The first-order valence-corrected chi connectivity index (χ1v) is 10.5. The fourth-order valence-corrected chi connectivity index (χ4v) is 4.01. The molecule has 1 fully saturated rings. The number of pyridine rings is 1. The van der Waals surface area contributed by atoms with Crippen LogP contribution >= 0.6 is 0 Å². The first-order chi connectivity index (χ1) is 15.3. The molecule has 7 nitrogen and oxygen atoms in total. The van der Waals surface area contributed by atoms with Crippen molar-refractivity contribution in [2.24, 2.45) is 0 Å². The summed E-state index contributed by atoms with van der Waals surface area (Å²) in [7, 11) is 0. The number of anilines is 1. The van der Waals surface area contributed by atoms with E-state index in [2.05, 4.69) is 49.7 Å². The van der Waals surface area contributed by atoms with Gasteiger partial charge in [0.1, 0.15) is 11.8 Å². The number of nitrogens with zero attached hydrogens (tertiary/aromatic N) is 3. The van der Waals surface area contributed by atoms with Gasteiger partial charge in [0, 0.05) is 48.7 Å². The lowest BCUT2D eigenvalue weighted by Gasteiger charge is -2.35. The van der Waals surface area contributed by atoms with Crippen molar-refractivity contribution in [2.75, 3.05) is 25.0 Å². The average Bonchev–Trinajstić information content (AvgIpc) is 3.24. The van der Waals surface area contributed by atoms with E-state index in [4.69, 9.17) is 4.74 Å². The molecule has 0 aliphatic carbocycles. The first-order valence-electron chi connectivity index (χ1n) is 10.5. The van der Waals surface area contributed by atoms with Gasteiger partial charge in [-0.05, 0) is 35.9 Å². The SMILES string of the molecule is OC(Nc1ccc2[nH]nc(-c3ccncc3)c2c1)C1CN(Cc2ccccc2)CCO1. The quantitative estimate of drug-likeness (QED) is 0.419. The van der Waals surface area contributed by atoms with Gasteiger partial charge < -0.3 is 15.2 Å². The molecule has 0 bridgehead atoms. The number of nitrogens with one attached hydrogen (secondary N) is 2. The second-order valence-corrected chi connectivity index (χ2v) is 7.79. The monoisotopic (exact) mass is 415 g/mol. The topological polar surface area (TPSA) is 86.3 Å². The van der Waals surface area contributed by atoms with Crippen molar-refractivity contribution >= 4 is 16.6 Å². The smallest absolute Gasteiger partial charge is 0.152 e. The number of aromatic nitrogens is 3. The number of ether oxygens (including phenoxy) is 1. The predicted octanol–water partition coefficient (Wildman–Crippen LogP) is 3.26. The summed E-state index contributed by atoms with van der Waals surface area (Å²) in [6.45, 7) is 2.97. The normalized spacial score (nSPS) is 18.2. The number of hydrogen-bond acceptors (Lipinski definition) is 6. The third-order valence-electron chi connectivity index (χ3n) is 5.61. The summed E-state index contributed by atoms with van der Waals surface area (Å²) in [5.74, 6) is 0. The van der Waals surface area contributed by atoms with Crippen LogP contribution in [0.3, 0.4) is 0 Å². The Kier molecular flexibility index (Phi) is 5.62. The number of morpholine rings is 1. The average molecular weight is 415 g/mol. The third-order valence-corrected chi connectivity index (χ3v) is 5.61. The zero-order valence-corrected chi connectivity index (χ0v) is 17.1. The minimum Gasteiger partial charge on any atom is -0.371 e. The van der Waals surface area contributed by atoms with E-state index in [-0.39, 0.29) is 6.10 Å². The Morgan fingerprint density at radius 2 is 1.97 bits per heavy atom. The molecule has 31 heavy (non-hydrogen) atoms. The third kappa shape index (κ3) is 4.44. The van der Waals surface area contributed by atoms with Crippen LogP contribution in [0.4, 0.5) is 5.69 Å². The fraction of sp³-hybridized carbons (Fsp3) is 0.250. The molecule has 158 valence electrons. The highest BCUT2D eigenvalue weighted by Crippen LogP contribution is 2.28. The summed E-state index contributed by atoms with van der Waals surface area (Å²) in [6, 6.07) is 20.1. The molecule has 5 rings (SSSR count). The molecule has 2 aromatic heterocycles. The lowest BCUT2D eigenvalue weighted by Crippen LogP contribution is -2.49. The Balaban J connectivity index is 1.29. The van der Waals surface area contributed by atoms with Gasteiger partial charge in [-0.2, -0.15) is 5.10 Å². The van der Waals surface area contributed by atoms with Crippen LogP contribution in [0, 0.1) is 0 Å². The molecule has 3 N–H and O–H groups in total. The molecule has 7 heteroatoms. The maximum atomic E-state index is 10.8. The maximum absolute atomic E-state index is 10.8. The van der Waals surface area contributed by atoms with Gasteiger partial charge >= 0.3 is 0 Å². The molecule has 2 atom stereocenters. The Labute approximate surface area is 180 Å². The summed E-state index contributed by atoms with van der Waals surface area (Å²) in [4.78, 5) is 6.39. The van der Waals surface area contributed by atoms with Gasteiger partial charge in [-0.1, -0.05) is 30.3 Å². The van der Waals surface area contributed by atoms with Crippen molar-refractivity contribution in [3.8, 4) is 11.3 Å². The molecule has 1 aliphatic rings. The molecular formula is C24H25N5O2. The summed E-state index contributed by atoms with van der Waals surface area (Å²) >= 11 is 0. The molecule has 1 saturated heterocycles. The number of aliphatic hydroxyl groups excluding tert-OH is 1. The van der Waals surface area contributed by atoms with Gasteiger partial charge in [0.05, 0.1) is 12.1 Å². The van der Waals surface area contributed by atoms with E-state index in [1.807, 2.05) is 36.4 Å². The molecule has 0 radical (unpaired) electrons. The predicted molar refractivity (Wildman–Crippen MR) is 120 cm³/mol. The number of hydrogen-bond donors (Lipinski definition) is 3. The number of benzene rings is 2. The Hall–Kier alpha value is -3.26. The number of fused-ring (bicyclic) bond motifs is 1. The van der Waals surface area contributed by atoms with Crippen molar-refractivity contribution in [2.45, 2.75) is 18.9 Å². The minimum absolute atomic E-state index is 0.308. The number of H-pyrrole nitrogens is 1. The lowest BCUT2D eigenvalue weighted by atomic mass is 10.1. The molecule has 3 heterocycles. The van der Waals surface area contributed by atoms with Gasteiger partial charge in [0.15, 0.2) is 6.23 Å². The van der Waals surface area contributed by atoms with Crippen molar-refractivity contribution in [3.63, 3.8) is 0 Å². The Bertz CT molecular complexity index is 1130. The van der Waals surface area contributed by atoms with Gasteiger partial charge in [-0.15, -0.1) is 0 Å². The second-order valence-electron chi connectivity index (χ2n) is 7.79. The van der Waals surface area contributed by atoms with Crippen LogP contribution in [0.25, 0.3) is 22.2 Å².